The van der Waals surface area contributed by atoms with Gasteiger partial charge in [-0.3, -0.25) is 9.69 Å². The molecule has 154 valence electrons. The van der Waals surface area contributed by atoms with Gasteiger partial charge in [0.25, 0.3) is 0 Å². The van der Waals surface area contributed by atoms with Crippen LogP contribution in [0.4, 0.5) is 5.69 Å². The molecule has 0 fully saturated rings. The number of nitriles is 1. The lowest BCUT2D eigenvalue weighted by atomic mass is 9.68. The van der Waals surface area contributed by atoms with Gasteiger partial charge < -0.3 is 5.73 Å². The molecule has 2 heterocycles. The van der Waals surface area contributed by atoms with Crippen LogP contribution in [0.25, 0.3) is 0 Å². The number of rotatable bonds is 2. The Bertz CT molecular complexity index is 1150. The molecular weight excluding hydrogens is 414 g/mol. The highest BCUT2D eigenvalue weighted by Crippen LogP contribution is 2.51. The van der Waals surface area contributed by atoms with Crippen LogP contribution in [0.5, 0.6) is 0 Å². The Morgan fingerprint density at radius 2 is 1.90 bits per heavy atom. The van der Waals surface area contributed by atoms with E-state index in [1.165, 1.54) is 0 Å². The van der Waals surface area contributed by atoms with Gasteiger partial charge in [-0.15, -0.1) is 11.3 Å². The van der Waals surface area contributed by atoms with Crippen molar-refractivity contribution in [2.24, 2.45) is 11.1 Å². The highest BCUT2D eigenvalue weighted by atomic mass is 35.5. The number of hydrogen-bond donors (Lipinski definition) is 1. The van der Waals surface area contributed by atoms with E-state index in [-0.39, 0.29) is 11.2 Å². The van der Waals surface area contributed by atoms with Crippen molar-refractivity contribution in [1.29, 1.82) is 5.26 Å². The summed E-state index contributed by atoms with van der Waals surface area (Å²) in [5.74, 6) is 0.0631. The van der Waals surface area contributed by atoms with Crippen molar-refractivity contribution in [3.8, 4) is 6.07 Å². The summed E-state index contributed by atoms with van der Waals surface area (Å²) in [6.45, 7) is 8.29. The Hall–Kier alpha value is -2.55. The van der Waals surface area contributed by atoms with Gasteiger partial charge in [0.1, 0.15) is 5.82 Å². The number of aryl methyl sites for hydroxylation is 2. The van der Waals surface area contributed by atoms with Gasteiger partial charge in [0.2, 0.25) is 0 Å². The van der Waals surface area contributed by atoms with Crippen LogP contribution in [0.1, 0.15) is 47.9 Å². The van der Waals surface area contributed by atoms with Crippen LogP contribution in [-0.2, 0) is 4.79 Å². The van der Waals surface area contributed by atoms with Crippen molar-refractivity contribution in [2.75, 3.05) is 4.90 Å². The fourth-order valence-electron chi connectivity index (χ4n) is 4.64. The van der Waals surface area contributed by atoms with Crippen molar-refractivity contribution in [1.82, 2.24) is 0 Å². The second kappa shape index (κ2) is 7.30. The molecule has 1 aliphatic carbocycles. The summed E-state index contributed by atoms with van der Waals surface area (Å²) in [6.07, 6.45) is 1.16. The van der Waals surface area contributed by atoms with Crippen LogP contribution < -0.4 is 10.6 Å². The molecule has 0 saturated carbocycles. The number of thiophene rings is 1. The first-order valence-electron chi connectivity index (χ1n) is 9.91. The maximum absolute atomic E-state index is 13.5. The Kier molecular flexibility index (Phi) is 5.04. The van der Waals surface area contributed by atoms with Gasteiger partial charge in [-0.25, -0.2) is 0 Å². The van der Waals surface area contributed by atoms with E-state index in [4.69, 9.17) is 17.3 Å². The number of hydrogen-bond acceptors (Lipinski definition) is 5. The predicted molar refractivity (Wildman–Crippen MR) is 122 cm³/mol. The number of halogens is 1. The Morgan fingerprint density at radius 1 is 1.23 bits per heavy atom. The summed E-state index contributed by atoms with van der Waals surface area (Å²) in [7, 11) is 0. The molecule has 1 aliphatic heterocycles. The largest absolute Gasteiger partial charge is 0.384 e. The number of benzene rings is 1. The number of Topliss-reactive ketones (excluding diaryl/α,β-unsaturated/α-hetero) is 1. The van der Waals surface area contributed by atoms with E-state index in [0.29, 0.717) is 34.8 Å². The average Bonchev–Trinajstić information content (AvgIpc) is 2.99. The first-order valence-corrected chi connectivity index (χ1v) is 11.1. The summed E-state index contributed by atoms with van der Waals surface area (Å²) >= 11 is 7.77. The molecule has 4 rings (SSSR count). The molecule has 6 heteroatoms. The SMILES string of the molecule is Cc1cc(C2C(C#N)=C(N)N(c3ccc(Cl)cc3)C3=C2C(=O)CC(C)(C)C3)c(C)s1. The molecule has 0 amide bonds. The van der Waals surface area contributed by atoms with Crippen LogP contribution in [0.2, 0.25) is 5.02 Å². The Morgan fingerprint density at radius 3 is 2.47 bits per heavy atom. The molecule has 4 nitrogen and oxygen atoms in total. The fourth-order valence-corrected chi connectivity index (χ4v) is 5.73. The molecule has 0 saturated heterocycles. The van der Waals surface area contributed by atoms with Gasteiger partial charge in [-0.2, -0.15) is 5.26 Å². The number of ketones is 1. The lowest BCUT2D eigenvalue weighted by molar-refractivity contribution is -0.118. The van der Waals surface area contributed by atoms with Crippen LogP contribution in [0, 0.1) is 30.6 Å². The van der Waals surface area contributed by atoms with Gasteiger partial charge in [-0.05, 0) is 61.6 Å². The van der Waals surface area contributed by atoms with Crippen molar-refractivity contribution >= 4 is 34.4 Å². The molecule has 2 N–H and O–H groups in total. The van der Waals surface area contributed by atoms with Crippen LogP contribution in [0.15, 0.2) is 53.0 Å². The van der Waals surface area contributed by atoms with Crippen LogP contribution >= 0.6 is 22.9 Å². The highest BCUT2D eigenvalue weighted by Gasteiger charge is 2.45. The number of nitrogens with zero attached hydrogens (tertiary/aromatic N) is 2. The molecule has 1 unspecified atom stereocenters. The lowest BCUT2D eigenvalue weighted by Crippen LogP contribution is -2.42. The second-order valence-corrected chi connectivity index (χ2v) is 10.7. The molecule has 2 aliphatic rings. The summed E-state index contributed by atoms with van der Waals surface area (Å²) in [6, 6.07) is 11.8. The summed E-state index contributed by atoms with van der Waals surface area (Å²) in [5.41, 5.74) is 10.3. The van der Waals surface area contributed by atoms with E-state index in [0.717, 1.165) is 26.7 Å². The third-order valence-corrected chi connectivity index (χ3v) is 7.09. The second-order valence-electron chi connectivity index (χ2n) is 8.83. The normalized spacial score (nSPS) is 21.0. The zero-order valence-electron chi connectivity index (χ0n) is 17.5. The third kappa shape index (κ3) is 3.34. The first kappa shape index (κ1) is 20.7. The standard InChI is InChI=1S/C24H24ClN3OS/c1-13-9-17(14(2)30-13)21-18(12-26)23(27)28(16-7-5-15(25)6-8-16)19-10-24(3,4)11-20(29)22(19)21/h5-9,21H,10-11,27H2,1-4H3. The third-order valence-electron chi connectivity index (χ3n) is 5.86. The molecule has 0 spiro atoms. The number of nitrogens with two attached hydrogens (primary N) is 1. The Labute approximate surface area is 186 Å². The summed E-state index contributed by atoms with van der Waals surface area (Å²) < 4.78 is 0. The van der Waals surface area contributed by atoms with E-state index in [2.05, 4.69) is 26.0 Å². The van der Waals surface area contributed by atoms with Gasteiger partial charge in [-0.1, -0.05) is 25.4 Å². The quantitative estimate of drug-likeness (QED) is 0.629. The number of carbonyl (C=O) groups is 1. The maximum Gasteiger partial charge on any atom is 0.162 e. The maximum atomic E-state index is 13.5. The van der Waals surface area contributed by atoms with E-state index in [9.17, 15) is 10.1 Å². The molecule has 0 radical (unpaired) electrons. The van der Waals surface area contributed by atoms with E-state index >= 15 is 0 Å². The molecule has 1 atom stereocenters. The van der Waals surface area contributed by atoms with E-state index in [1.807, 2.05) is 30.9 Å². The van der Waals surface area contributed by atoms with E-state index < -0.39 is 5.92 Å². The minimum atomic E-state index is -0.415. The molecular formula is C24H24ClN3OS. The summed E-state index contributed by atoms with van der Waals surface area (Å²) in [4.78, 5) is 17.6. The van der Waals surface area contributed by atoms with Gasteiger partial charge in [0.05, 0.1) is 17.6 Å². The number of anilines is 1. The first-order chi connectivity index (χ1) is 14.1. The zero-order valence-corrected chi connectivity index (χ0v) is 19.1. The molecule has 1 aromatic carbocycles. The number of allylic oxidation sites excluding steroid dienone is 3. The van der Waals surface area contributed by atoms with Gasteiger partial charge in [0.15, 0.2) is 5.78 Å². The average molecular weight is 438 g/mol. The zero-order chi connectivity index (χ0) is 21.8. The molecule has 30 heavy (non-hydrogen) atoms. The Balaban J connectivity index is 2.01. The van der Waals surface area contributed by atoms with Crippen molar-refractivity contribution in [3.63, 3.8) is 0 Å². The summed E-state index contributed by atoms with van der Waals surface area (Å²) in [5, 5.41) is 10.7. The van der Waals surface area contributed by atoms with Crippen molar-refractivity contribution in [3.05, 3.63) is 73.3 Å². The molecule has 0 bridgehead atoms. The van der Waals surface area contributed by atoms with Crippen LogP contribution in [0.3, 0.4) is 0 Å². The van der Waals surface area contributed by atoms with Gasteiger partial charge >= 0.3 is 0 Å². The lowest BCUT2D eigenvalue weighted by Gasteiger charge is -2.43. The monoisotopic (exact) mass is 437 g/mol. The van der Waals surface area contributed by atoms with Crippen LogP contribution in [-0.4, -0.2) is 5.78 Å². The molecule has 2 aromatic rings. The number of carbonyl (C=O) groups excluding carboxylic acids is 1. The minimum Gasteiger partial charge on any atom is -0.384 e. The minimum absolute atomic E-state index is 0.0914. The van der Waals surface area contributed by atoms with E-state index in [1.54, 1.807) is 23.5 Å². The highest BCUT2D eigenvalue weighted by molar-refractivity contribution is 7.12. The predicted octanol–water partition coefficient (Wildman–Crippen LogP) is 5.96. The topological polar surface area (TPSA) is 70.1 Å². The fraction of sp³-hybridized carbons (Fsp3) is 0.333. The van der Waals surface area contributed by atoms with Crippen molar-refractivity contribution < 1.29 is 4.79 Å². The van der Waals surface area contributed by atoms with Gasteiger partial charge in [0, 0.05) is 38.2 Å². The smallest absolute Gasteiger partial charge is 0.162 e. The molecule has 1 aromatic heterocycles. The van der Waals surface area contributed by atoms with Crippen molar-refractivity contribution in [2.45, 2.75) is 46.5 Å².